The van der Waals surface area contributed by atoms with Gasteiger partial charge in [-0.1, -0.05) is 19.9 Å². The first kappa shape index (κ1) is 14.1. The van der Waals surface area contributed by atoms with Crippen molar-refractivity contribution in [3.05, 3.63) is 35.8 Å². The highest BCUT2D eigenvalue weighted by atomic mass is 16.2. The lowest BCUT2D eigenvalue weighted by Gasteiger charge is -2.35. The Labute approximate surface area is 125 Å². The van der Waals surface area contributed by atoms with Crippen molar-refractivity contribution in [1.29, 1.82) is 0 Å². The Morgan fingerprint density at radius 2 is 2.05 bits per heavy atom. The Balaban J connectivity index is 1.75. The molecule has 1 fully saturated rings. The number of likely N-dealkylation sites (tertiary alicyclic amines) is 1. The third kappa shape index (κ3) is 2.94. The second-order valence-electron chi connectivity index (χ2n) is 6.58. The first-order chi connectivity index (χ1) is 10.0. The van der Waals surface area contributed by atoms with Gasteiger partial charge in [0.1, 0.15) is 5.65 Å². The minimum absolute atomic E-state index is 0.203. The third-order valence-corrected chi connectivity index (χ3v) is 4.28. The normalized spacial score (nSPS) is 22.7. The topological polar surface area (TPSA) is 37.6 Å². The summed E-state index contributed by atoms with van der Waals surface area (Å²) in [6.07, 6.45) is 5.57. The van der Waals surface area contributed by atoms with Crippen LogP contribution >= 0.6 is 0 Å². The van der Waals surface area contributed by atoms with E-state index in [2.05, 4.69) is 18.8 Å². The summed E-state index contributed by atoms with van der Waals surface area (Å²) in [4.78, 5) is 19.1. The van der Waals surface area contributed by atoms with E-state index < -0.39 is 0 Å². The molecule has 3 rings (SSSR count). The summed E-state index contributed by atoms with van der Waals surface area (Å²) < 4.78 is 2.00. The van der Waals surface area contributed by atoms with Crippen molar-refractivity contribution in [3.63, 3.8) is 0 Å². The second kappa shape index (κ2) is 5.51. The molecule has 0 aromatic carbocycles. The quantitative estimate of drug-likeness (QED) is 0.851. The highest BCUT2D eigenvalue weighted by Gasteiger charge is 2.25. The lowest BCUT2D eigenvalue weighted by molar-refractivity contribution is -0.133. The number of aryl methyl sites for hydroxylation is 1. The summed E-state index contributed by atoms with van der Waals surface area (Å²) in [5, 5.41) is 0. The van der Waals surface area contributed by atoms with Crippen molar-refractivity contribution in [2.75, 3.05) is 13.1 Å². The van der Waals surface area contributed by atoms with Gasteiger partial charge in [0.2, 0.25) is 5.91 Å². The molecule has 2 atom stereocenters. The van der Waals surface area contributed by atoms with E-state index in [1.165, 1.54) is 6.42 Å². The number of imidazole rings is 1. The van der Waals surface area contributed by atoms with Crippen LogP contribution in [0.5, 0.6) is 0 Å². The number of amides is 1. The van der Waals surface area contributed by atoms with Crippen molar-refractivity contribution in [3.8, 4) is 0 Å². The maximum Gasteiger partial charge on any atom is 0.228 e. The van der Waals surface area contributed by atoms with Crippen LogP contribution in [0.2, 0.25) is 0 Å². The lowest BCUT2D eigenvalue weighted by Crippen LogP contribution is -2.43. The number of fused-ring (bicyclic) bond motifs is 1. The number of hydrogen-bond acceptors (Lipinski definition) is 2. The predicted molar refractivity (Wildman–Crippen MR) is 83.2 cm³/mol. The zero-order valence-electron chi connectivity index (χ0n) is 13.0. The standard InChI is InChI=1S/C17H23N3O/c1-12-7-13(2)10-20(9-12)16(21)8-15-11-19-6-4-5-14(3)17(19)18-15/h4-6,11-13H,7-10H2,1-3H3. The number of aromatic nitrogens is 2. The molecular weight excluding hydrogens is 262 g/mol. The third-order valence-electron chi connectivity index (χ3n) is 4.28. The molecule has 0 N–H and O–H groups in total. The number of pyridine rings is 1. The van der Waals surface area contributed by atoms with Crippen LogP contribution in [-0.2, 0) is 11.2 Å². The molecule has 0 radical (unpaired) electrons. The van der Waals surface area contributed by atoms with E-state index in [-0.39, 0.29) is 5.91 Å². The second-order valence-corrected chi connectivity index (χ2v) is 6.58. The minimum Gasteiger partial charge on any atom is -0.342 e. The molecule has 1 amide bonds. The van der Waals surface area contributed by atoms with Gasteiger partial charge in [0.15, 0.2) is 0 Å². The lowest BCUT2D eigenvalue weighted by atomic mass is 9.91. The van der Waals surface area contributed by atoms with E-state index in [0.717, 1.165) is 30.0 Å². The largest absolute Gasteiger partial charge is 0.342 e. The molecule has 0 saturated carbocycles. The van der Waals surface area contributed by atoms with Gasteiger partial charge < -0.3 is 9.30 Å². The van der Waals surface area contributed by atoms with Crippen molar-refractivity contribution in [2.24, 2.45) is 11.8 Å². The Kier molecular flexibility index (Phi) is 3.70. The Morgan fingerprint density at radius 1 is 1.33 bits per heavy atom. The van der Waals surface area contributed by atoms with Crippen LogP contribution in [0.15, 0.2) is 24.5 Å². The summed E-state index contributed by atoms with van der Waals surface area (Å²) in [6.45, 7) is 8.27. The first-order valence-electron chi connectivity index (χ1n) is 7.74. The first-order valence-corrected chi connectivity index (χ1v) is 7.74. The number of rotatable bonds is 2. The number of carbonyl (C=O) groups is 1. The molecule has 112 valence electrons. The van der Waals surface area contributed by atoms with E-state index in [9.17, 15) is 4.79 Å². The van der Waals surface area contributed by atoms with Crippen molar-refractivity contribution in [2.45, 2.75) is 33.6 Å². The molecule has 3 heterocycles. The van der Waals surface area contributed by atoms with Gasteiger partial charge in [0, 0.05) is 25.5 Å². The van der Waals surface area contributed by atoms with Crippen LogP contribution in [-0.4, -0.2) is 33.3 Å². The zero-order chi connectivity index (χ0) is 15.0. The highest BCUT2D eigenvalue weighted by Crippen LogP contribution is 2.21. The fourth-order valence-corrected chi connectivity index (χ4v) is 3.42. The van der Waals surface area contributed by atoms with E-state index in [1.54, 1.807) is 0 Å². The van der Waals surface area contributed by atoms with Gasteiger partial charge in [0.25, 0.3) is 0 Å². The van der Waals surface area contributed by atoms with E-state index in [4.69, 9.17) is 0 Å². The minimum atomic E-state index is 0.203. The smallest absolute Gasteiger partial charge is 0.228 e. The summed E-state index contributed by atoms with van der Waals surface area (Å²) in [6, 6.07) is 4.05. The number of hydrogen-bond donors (Lipinski definition) is 0. The Hall–Kier alpha value is -1.84. The molecule has 1 saturated heterocycles. The molecule has 2 unspecified atom stereocenters. The number of carbonyl (C=O) groups excluding carboxylic acids is 1. The maximum atomic E-state index is 12.5. The van der Waals surface area contributed by atoms with Gasteiger partial charge in [-0.25, -0.2) is 4.98 Å². The van der Waals surface area contributed by atoms with Crippen LogP contribution < -0.4 is 0 Å². The molecule has 21 heavy (non-hydrogen) atoms. The monoisotopic (exact) mass is 285 g/mol. The number of nitrogens with zero attached hydrogens (tertiary/aromatic N) is 3. The molecule has 2 aromatic heterocycles. The molecule has 4 heteroatoms. The fraction of sp³-hybridized carbons (Fsp3) is 0.529. The van der Waals surface area contributed by atoms with Gasteiger partial charge in [-0.3, -0.25) is 4.79 Å². The molecule has 0 spiro atoms. The molecule has 1 aliphatic rings. The maximum absolute atomic E-state index is 12.5. The van der Waals surface area contributed by atoms with Crippen molar-refractivity contribution < 1.29 is 4.79 Å². The highest BCUT2D eigenvalue weighted by molar-refractivity contribution is 5.78. The summed E-state index contributed by atoms with van der Waals surface area (Å²) in [7, 11) is 0. The molecule has 1 aliphatic heterocycles. The number of piperidine rings is 1. The molecule has 2 aromatic rings. The molecule has 0 aliphatic carbocycles. The van der Waals surface area contributed by atoms with Gasteiger partial charge in [-0.2, -0.15) is 0 Å². The fourth-order valence-electron chi connectivity index (χ4n) is 3.42. The SMILES string of the molecule is Cc1cccn2cc(CC(=O)N3CC(C)CC(C)C3)nc12. The summed E-state index contributed by atoms with van der Waals surface area (Å²) >= 11 is 0. The van der Waals surface area contributed by atoms with Gasteiger partial charge in [-0.05, 0) is 36.8 Å². The van der Waals surface area contributed by atoms with Gasteiger partial charge >= 0.3 is 0 Å². The van der Waals surface area contributed by atoms with E-state index in [1.807, 2.05) is 40.8 Å². The molecule has 0 bridgehead atoms. The Bertz CT molecular complexity index is 651. The van der Waals surface area contributed by atoms with Crippen molar-refractivity contribution >= 4 is 11.6 Å². The van der Waals surface area contributed by atoms with E-state index >= 15 is 0 Å². The van der Waals surface area contributed by atoms with Crippen LogP contribution in [0.25, 0.3) is 5.65 Å². The van der Waals surface area contributed by atoms with Crippen molar-refractivity contribution in [1.82, 2.24) is 14.3 Å². The zero-order valence-corrected chi connectivity index (χ0v) is 13.0. The van der Waals surface area contributed by atoms with Gasteiger partial charge in [-0.15, -0.1) is 0 Å². The van der Waals surface area contributed by atoms with E-state index in [0.29, 0.717) is 18.3 Å². The predicted octanol–water partition coefficient (Wildman–Crippen LogP) is 2.69. The summed E-state index contributed by atoms with van der Waals surface area (Å²) in [5.41, 5.74) is 2.94. The van der Waals surface area contributed by atoms with Gasteiger partial charge in [0.05, 0.1) is 12.1 Å². The van der Waals surface area contributed by atoms with Crippen LogP contribution in [0.4, 0.5) is 0 Å². The average molecular weight is 285 g/mol. The average Bonchev–Trinajstić information content (AvgIpc) is 2.81. The van der Waals surface area contributed by atoms with Crippen LogP contribution in [0, 0.1) is 18.8 Å². The van der Waals surface area contributed by atoms with Crippen LogP contribution in [0.1, 0.15) is 31.5 Å². The molecule has 4 nitrogen and oxygen atoms in total. The Morgan fingerprint density at radius 3 is 2.71 bits per heavy atom. The summed E-state index contributed by atoms with van der Waals surface area (Å²) in [5.74, 6) is 1.40. The van der Waals surface area contributed by atoms with Crippen LogP contribution in [0.3, 0.4) is 0 Å². The molecular formula is C17H23N3O.